The van der Waals surface area contributed by atoms with Crippen molar-refractivity contribution in [2.45, 2.75) is 23.8 Å². The predicted octanol–water partition coefficient (Wildman–Crippen LogP) is 5.00. The van der Waals surface area contributed by atoms with Crippen molar-refractivity contribution in [1.29, 1.82) is 0 Å². The van der Waals surface area contributed by atoms with Crippen molar-refractivity contribution in [3.8, 4) is 11.5 Å². The summed E-state index contributed by atoms with van der Waals surface area (Å²) in [5.41, 5.74) is 0.501. The average Bonchev–Trinajstić information content (AvgIpc) is 2.50. The van der Waals surface area contributed by atoms with Gasteiger partial charge in [0.15, 0.2) is 11.5 Å². The van der Waals surface area contributed by atoms with E-state index in [-0.39, 0.29) is 0 Å². The highest BCUT2D eigenvalue weighted by Crippen LogP contribution is 2.43. The molecule has 2 nitrogen and oxygen atoms in total. The zero-order chi connectivity index (χ0) is 14.0. The maximum Gasteiger partial charge on any atom is 0.390 e. The van der Waals surface area contributed by atoms with Gasteiger partial charge >= 0.3 is 6.18 Å². The Kier molecular flexibility index (Phi) is 4.66. The second-order valence-corrected chi connectivity index (χ2v) is 6.12. The van der Waals surface area contributed by atoms with E-state index in [0.717, 1.165) is 6.42 Å². The molecule has 7 heteroatoms. The van der Waals surface area contributed by atoms with E-state index in [1.54, 1.807) is 12.1 Å². The van der Waals surface area contributed by atoms with Crippen LogP contribution in [-0.2, 0) is 0 Å². The van der Waals surface area contributed by atoms with E-state index in [0.29, 0.717) is 34.7 Å². The molecule has 0 saturated heterocycles. The standard InChI is InChI=1S/C12H11Br2F3O2/c13-8-5-11-10(18-2-1-3-19-11)4-7(8)9(14)6-12(15,16)17/h4-5,9H,1-3,6H2. The summed E-state index contributed by atoms with van der Waals surface area (Å²) in [6, 6.07) is 3.25. The summed E-state index contributed by atoms with van der Waals surface area (Å²) in [5.74, 6) is 1.04. The van der Waals surface area contributed by atoms with Crippen LogP contribution in [0.4, 0.5) is 13.2 Å². The van der Waals surface area contributed by atoms with Crippen LogP contribution in [0.1, 0.15) is 23.2 Å². The third-order valence-corrected chi connectivity index (χ3v) is 4.12. The maximum absolute atomic E-state index is 12.4. The van der Waals surface area contributed by atoms with Crippen molar-refractivity contribution < 1.29 is 22.6 Å². The topological polar surface area (TPSA) is 18.5 Å². The SMILES string of the molecule is FC(F)(F)CC(Br)c1cc2c(cc1Br)OCCCO2. The molecule has 0 aromatic heterocycles. The molecular weight excluding hydrogens is 393 g/mol. The lowest BCUT2D eigenvalue weighted by atomic mass is 10.1. The molecule has 0 N–H and O–H groups in total. The molecule has 1 aromatic rings. The molecule has 0 fully saturated rings. The van der Waals surface area contributed by atoms with Crippen molar-refractivity contribution in [1.82, 2.24) is 0 Å². The number of alkyl halides is 4. The van der Waals surface area contributed by atoms with Crippen molar-refractivity contribution in [3.05, 3.63) is 22.2 Å². The molecule has 0 bridgehead atoms. The van der Waals surface area contributed by atoms with Crippen molar-refractivity contribution >= 4 is 31.9 Å². The first kappa shape index (κ1) is 15.0. The van der Waals surface area contributed by atoms with Gasteiger partial charge in [0, 0.05) is 15.7 Å². The highest BCUT2D eigenvalue weighted by molar-refractivity contribution is 9.11. The van der Waals surface area contributed by atoms with Crippen LogP contribution in [0.25, 0.3) is 0 Å². The number of hydrogen-bond donors (Lipinski definition) is 0. The summed E-state index contributed by atoms with van der Waals surface area (Å²) in [6.45, 7) is 1.04. The Bertz CT molecular complexity index is 463. The van der Waals surface area contributed by atoms with Crippen molar-refractivity contribution in [2.24, 2.45) is 0 Å². The molecule has 0 saturated carbocycles. The first-order valence-corrected chi connectivity index (χ1v) is 7.37. The summed E-state index contributed by atoms with van der Waals surface area (Å²) in [4.78, 5) is -0.820. The number of ether oxygens (including phenoxy) is 2. The zero-order valence-corrected chi connectivity index (χ0v) is 12.9. The summed E-state index contributed by atoms with van der Waals surface area (Å²) in [7, 11) is 0. The molecule has 0 amide bonds. The third kappa shape index (κ3) is 4.02. The minimum Gasteiger partial charge on any atom is -0.490 e. The minimum absolute atomic E-state index is 0.488. The molecule has 1 atom stereocenters. The summed E-state index contributed by atoms with van der Waals surface area (Å²) >= 11 is 6.35. The molecule has 0 aliphatic carbocycles. The highest BCUT2D eigenvalue weighted by Gasteiger charge is 2.32. The summed E-state index contributed by atoms with van der Waals surface area (Å²) < 4.78 is 48.8. The van der Waals surface area contributed by atoms with E-state index >= 15 is 0 Å². The van der Waals surface area contributed by atoms with Crippen molar-refractivity contribution in [3.63, 3.8) is 0 Å². The van der Waals surface area contributed by atoms with Gasteiger partial charge in [-0.15, -0.1) is 0 Å². The summed E-state index contributed by atoms with van der Waals surface area (Å²) in [5, 5.41) is 0. The fourth-order valence-electron chi connectivity index (χ4n) is 1.75. The van der Waals surface area contributed by atoms with Gasteiger partial charge in [-0.3, -0.25) is 0 Å². The van der Waals surface area contributed by atoms with Crippen LogP contribution in [-0.4, -0.2) is 19.4 Å². The Labute approximate surface area is 125 Å². The smallest absolute Gasteiger partial charge is 0.390 e. The monoisotopic (exact) mass is 402 g/mol. The largest absolute Gasteiger partial charge is 0.490 e. The fourth-order valence-corrected chi connectivity index (χ4v) is 3.40. The Balaban J connectivity index is 2.28. The molecule has 1 aliphatic heterocycles. The van der Waals surface area contributed by atoms with Gasteiger partial charge < -0.3 is 9.47 Å². The van der Waals surface area contributed by atoms with Crippen LogP contribution in [0, 0.1) is 0 Å². The van der Waals surface area contributed by atoms with Gasteiger partial charge in [0.2, 0.25) is 0 Å². The van der Waals surface area contributed by atoms with Gasteiger partial charge in [0.1, 0.15) is 0 Å². The third-order valence-electron chi connectivity index (χ3n) is 2.61. The van der Waals surface area contributed by atoms with Crippen LogP contribution < -0.4 is 9.47 Å². The number of halogens is 5. The molecule has 0 spiro atoms. The Morgan fingerprint density at radius 1 is 1.16 bits per heavy atom. The molecule has 1 unspecified atom stereocenters. The van der Waals surface area contributed by atoms with Gasteiger partial charge in [0.25, 0.3) is 0 Å². The van der Waals surface area contributed by atoms with Gasteiger partial charge in [-0.05, 0) is 17.7 Å². The van der Waals surface area contributed by atoms with Crippen LogP contribution in [0.5, 0.6) is 11.5 Å². The Morgan fingerprint density at radius 3 is 2.32 bits per heavy atom. The Morgan fingerprint density at radius 2 is 1.74 bits per heavy atom. The van der Waals surface area contributed by atoms with Gasteiger partial charge in [0.05, 0.1) is 19.6 Å². The number of hydrogen-bond acceptors (Lipinski definition) is 2. The first-order chi connectivity index (χ1) is 8.87. The second-order valence-electron chi connectivity index (χ2n) is 4.16. The number of benzene rings is 1. The fraction of sp³-hybridized carbons (Fsp3) is 0.500. The Hall–Kier alpha value is -0.430. The molecular formula is C12H11Br2F3O2. The van der Waals surface area contributed by atoms with Crippen LogP contribution in [0.3, 0.4) is 0 Å². The maximum atomic E-state index is 12.4. The van der Waals surface area contributed by atoms with Crippen molar-refractivity contribution in [2.75, 3.05) is 13.2 Å². The normalized spacial score (nSPS) is 16.9. The van der Waals surface area contributed by atoms with E-state index in [9.17, 15) is 13.2 Å². The minimum atomic E-state index is -4.22. The lowest BCUT2D eigenvalue weighted by Gasteiger charge is -2.17. The zero-order valence-electron chi connectivity index (χ0n) is 9.77. The van der Waals surface area contributed by atoms with E-state index in [1.165, 1.54) is 0 Å². The second kappa shape index (κ2) is 5.91. The molecule has 0 radical (unpaired) electrons. The van der Waals surface area contributed by atoms with Crippen LogP contribution in [0.15, 0.2) is 16.6 Å². The number of rotatable bonds is 2. The lowest BCUT2D eigenvalue weighted by molar-refractivity contribution is -0.134. The molecule has 2 rings (SSSR count). The van der Waals surface area contributed by atoms with E-state index in [4.69, 9.17) is 9.47 Å². The van der Waals surface area contributed by atoms with Gasteiger partial charge in [-0.1, -0.05) is 31.9 Å². The number of fused-ring (bicyclic) bond motifs is 1. The van der Waals surface area contributed by atoms with Gasteiger partial charge in [-0.2, -0.15) is 13.2 Å². The van der Waals surface area contributed by atoms with Crippen LogP contribution in [0.2, 0.25) is 0 Å². The quantitative estimate of drug-likeness (QED) is 0.647. The van der Waals surface area contributed by atoms with E-state index in [1.807, 2.05) is 0 Å². The first-order valence-electron chi connectivity index (χ1n) is 5.66. The van der Waals surface area contributed by atoms with Crippen LogP contribution >= 0.6 is 31.9 Å². The molecule has 19 heavy (non-hydrogen) atoms. The molecule has 106 valence electrons. The average molecular weight is 404 g/mol. The summed E-state index contributed by atoms with van der Waals surface area (Å²) in [6.07, 6.45) is -4.41. The highest BCUT2D eigenvalue weighted by atomic mass is 79.9. The predicted molar refractivity (Wildman–Crippen MR) is 72.1 cm³/mol. The molecule has 1 aliphatic rings. The van der Waals surface area contributed by atoms with E-state index < -0.39 is 17.4 Å². The lowest BCUT2D eigenvalue weighted by Crippen LogP contribution is -2.11. The molecule has 1 heterocycles. The molecule has 1 aromatic carbocycles. The van der Waals surface area contributed by atoms with E-state index in [2.05, 4.69) is 31.9 Å². The van der Waals surface area contributed by atoms with Gasteiger partial charge in [-0.25, -0.2) is 0 Å².